The summed E-state index contributed by atoms with van der Waals surface area (Å²) in [5.74, 6) is -0.521. The molecule has 130 valence electrons. The van der Waals surface area contributed by atoms with E-state index in [0.717, 1.165) is 22.6 Å². The number of para-hydroxylation sites is 1. The van der Waals surface area contributed by atoms with E-state index in [0.29, 0.717) is 11.3 Å². The van der Waals surface area contributed by atoms with Gasteiger partial charge in [0, 0.05) is 6.42 Å². The zero-order valence-electron chi connectivity index (χ0n) is 14.1. The average molecular weight is 348 g/mol. The number of imide groups is 2. The number of hydrogen-bond acceptors (Lipinski definition) is 4. The van der Waals surface area contributed by atoms with E-state index in [1.807, 2.05) is 19.1 Å². The van der Waals surface area contributed by atoms with Crippen molar-refractivity contribution in [2.75, 3.05) is 4.90 Å². The average Bonchev–Trinajstić information content (AvgIpc) is 2.98. The second-order valence-electron chi connectivity index (χ2n) is 6.29. The molecule has 1 saturated heterocycles. The Morgan fingerprint density at radius 3 is 2.65 bits per heavy atom. The molecular formula is C20H16N2O4. The third-order valence-corrected chi connectivity index (χ3v) is 4.35. The molecule has 0 radical (unpaired) electrons. The van der Waals surface area contributed by atoms with Crippen molar-refractivity contribution in [2.45, 2.75) is 19.4 Å². The molecule has 4 rings (SSSR count). The highest BCUT2D eigenvalue weighted by atomic mass is 16.5. The van der Waals surface area contributed by atoms with Crippen LogP contribution in [0.15, 0.2) is 54.1 Å². The number of benzene rings is 2. The molecule has 1 fully saturated rings. The Bertz CT molecular complexity index is 950. The van der Waals surface area contributed by atoms with Crippen LogP contribution in [0.25, 0.3) is 6.08 Å². The lowest BCUT2D eigenvalue weighted by Gasteiger charge is -2.26. The van der Waals surface area contributed by atoms with Gasteiger partial charge in [-0.2, -0.15) is 0 Å². The van der Waals surface area contributed by atoms with Gasteiger partial charge in [0.25, 0.3) is 11.8 Å². The van der Waals surface area contributed by atoms with Crippen LogP contribution in [0.2, 0.25) is 0 Å². The zero-order chi connectivity index (χ0) is 18.3. The standard InChI is InChI=1S/C20H16N2O4/c1-12-9-14-10-13(7-8-17(14)26-12)11-16-18(23)21-20(25)22(19(16)24)15-5-3-2-4-6-15/h2-8,10-12H,9H2,1H3,(H,21,23,25)/b16-11-/t12-/m0/s1. The second kappa shape index (κ2) is 6.15. The van der Waals surface area contributed by atoms with Gasteiger partial charge in [-0.15, -0.1) is 0 Å². The van der Waals surface area contributed by atoms with Crippen LogP contribution in [0.5, 0.6) is 5.75 Å². The lowest BCUT2D eigenvalue weighted by atomic mass is 10.0. The van der Waals surface area contributed by atoms with E-state index in [1.54, 1.807) is 36.4 Å². The molecule has 6 heteroatoms. The van der Waals surface area contributed by atoms with Crippen molar-refractivity contribution in [3.63, 3.8) is 0 Å². The molecule has 0 bridgehead atoms. The van der Waals surface area contributed by atoms with Crippen LogP contribution in [-0.4, -0.2) is 23.9 Å². The van der Waals surface area contributed by atoms with Gasteiger partial charge in [-0.3, -0.25) is 14.9 Å². The highest BCUT2D eigenvalue weighted by Crippen LogP contribution is 2.30. The first-order valence-corrected chi connectivity index (χ1v) is 8.29. The lowest BCUT2D eigenvalue weighted by Crippen LogP contribution is -2.54. The monoisotopic (exact) mass is 348 g/mol. The van der Waals surface area contributed by atoms with Gasteiger partial charge in [0.1, 0.15) is 17.4 Å². The number of fused-ring (bicyclic) bond motifs is 1. The van der Waals surface area contributed by atoms with Gasteiger partial charge < -0.3 is 4.74 Å². The molecule has 0 saturated carbocycles. The smallest absolute Gasteiger partial charge is 0.335 e. The number of carbonyl (C=O) groups excluding carboxylic acids is 3. The van der Waals surface area contributed by atoms with Crippen molar-refractivity contribution in [3.8, 4) is 5.75 Å². The van der Waals surface area contributed by atoms with Crippen molar-refractivity contribution < 1.29 is 19.1 Å². The summed E-state index contributed by atoms with van der Waals surface area (Å²) >= 11 is 0. The van der Waals surface area contributed by atoms with Crippen LogP contribution in [0.4, 0.5) is 10.5 Å². The van der Waals surface area contributed by atoms with Crippen LogP contribution in [0, 0.1) is 0 Å². The highest BCUT2D eigenvalue weighted by molar-refractivity contribution is 6.39. The van der Waals surface area contributed by atoms with E-state index in [1.165, 1.54) is 6.08 Å². The number of rotatable bonds is 2. The van der Waals surface area contributed by atoms with Crippen LogP contribution < -0.4 is 15.0 Å². The van der Waals surface area contributed by atoms with E-state index in [4.69, 9.17) is 4.74 Å². The molecule has 2 aliphatic rings. The fourth-order valence-corrected chi connectivity index (χ4v) is 3.17. The summed E-state index contributed by atoms with van der Waals surface area (Å²) in [4.78, 5) is 38.1. The van der Waals surface area contributed by atoms with Crippen molar-refractivity contribution in [1.29, 1.82) is 0 Å². The fraction of sp³-hybridized carbons (Fsp3) is 0.150. The van der Waals surface area contributed by atoms with Gasteiger partial charge in [-0.25, -0.2) is 9.69 Å². The summed E-state index contributed by atoms with van der Waals surface area (Å²) < 4.78 is 5.66. The van der Waals surface area contributed by atoms with Crippen molar-refractivity contribution in [1.82, 2.24) is 5.32 Å². The van der Waals surface area contributed by atoms with Crippen molar-refractivity contribution >= 4 is 29.6 Å². The minimum absolute atomic E-state index is 0.0830. The van der Waals surface area contributed by atoms with Gasteiger partial charge in [-0.1, -0.05) is 24.3 Å². The summed E-state index contributed by atoms with van der Waals surface area (Å²) in [6, 6.07) is 13.3. The molecule has 2 aromatic carbocycles. The predicted octanol–water partition coefficient (Wildman–Crippen LogP) is 2.68. The van der Waals surface area contributed by atoms with Gasteiger partial charge in [0.15, 0.2) is 0 Å². The third kappa shape index (κ3) is 2.75. The maximum Gasteiger partial charge on any atom is 0.335 e. The molecule has 1 atom stereocenters. The molecule has 0 unspecified atom stereocenters. The summed E-state index contributed by atoms with van der Waals surface area (Å²) in [5.41, 5.74) is 2.07. The van der Waals surface area contributed by atoms with Crippen LogP contribution in [0.1, 0.15) is 18.1 Å². The van der Waals surface area contributed by atoms with E-state index < -0.39 is 17.8 Å². The molecule has 0 aromatic heterocycles. The van der Waals surface area contributed by atoms with Crippen LogP contribution in [0.3, 0.4) is 0 Å². The number of barbiturate groups is 1. The number of anilines is 1. The van der Waals surface area contributed by atoms with Gasteiger partial charge >= 0.3 is 6.03 Å². The Balaban J connectivity index is 1.70. The highest BCUT2D eigenvalue weighted by Gasteiger charge is 2.36. The second-order valence-corrected chi connectivity index (χ2v) is 6.29. The summed E-state index contributed by atoms with van der Waals surface area (Å²) in [6.07, 6.45) is 2.39. The van der Waals surface area contributed by atoms with E-state index in [2.05, 4.69) is 5.32 Å². The number of amides is 4. The molecule has 26 heavy (non-hydrogen) atoms. The third-order valence-electron chi connectivity index (χ3n) is 4.35. The Morgan fingerprint density at radius 1 is 1.12 bits per heavy atom. The van der Waals surface area contributed by atoms with Gasteiger partial charge in [-0.05, 0) is 48.4 Å². The molecule has 1 N–H and O–H groups in total. The lowest BCUT2D eigenvalue weighted by molar-refractivity contribution is -0.122. The molecule has 2 aliphatic heterocycles. The fourth-order valence-electron chi connectivity index (χ4n) is 3.17. The predicted molar refractivity (Wildman–Crippen MR) is 95.7 cm³/mol. The number of hydrogen-bond donors (Lipinski definition) is 1. The minimum atomic E-state index is -0.750. The van der Waals surface area contributed by atoms with E-state index >= 15 is 0 Å². The Labute approximate surface area is 150 Å². The quantitative estimate of drug-likeness (QED) is 0.669. The molecule has 0 aliphatic carbocycles. The van der Waals surface area contributed by atoms with Crippen LogP contribution >= 0.6 is 0 Å². The van der Waals surface area contributed by atoms with Crippen molar-refractivity contribution in [3.05, 3.63) is 65.2 Å². The Hall–Kier alpha value is -3.41. The van der Waals surface area contributed by atoms with Gasteiger partial charge in [0.2, 0.25) is 0 Å². The first kappa shape index (κ1) is 16.1. The minimum Gasteiger partial charge on any atom is -0.490 e. The Kier molecular flexibility index (Phi) is 3.80. The summed E-state index contributed by atoms with van der Waals surface area (Å²) in [6.45, 7) is 1.99. The van der Waals surface area contributed by atoms with E-state index in [9.17, 15) is 14.4 Å². The number of urea groups is 1. The number of ether oxygens (including phenoxy) is 1. The molecule has 2 heterocycles. The normalized spacial score (nSPS) is 20.8. The first-order valence-electron chi connectivity index (χ1n) is 8.29. The Morgan fingerprint density at radius 2 is 1.88 bits per heavy atom. The molecule has 2 aromatic rings. The maximum absolute atomic E-state index is 12.8. The zero-order valence-corrected chi connectivity index (χ0v) is 14.1. The molecule has 6 nitrogen and oxygen atoms in total. The SMILES string of the molecule is C[C@H]1Cc2cc(/C=C3/C(=O)NC(=O)N(c4ccccc4)C3=O)ccc2O1. The van der Waals surface area contributed by atoms with Gasteiger partial charge in [0.05, 0.1) is 5.69 Å². The largest absolute Gasteiger partial charge is 0.490 e. The number of nitrogens with one attached hydrogen (secondary N) is 1. The van der Waals surface area contributed by atoms with Crippen molar-refractivity contribution in [2.24, 2.45) is 0 Å². The summed E-state index contributed by atoms with van der Waals surface area (Å²) in [5, 5.41) is 2.22. The first-order chi connectivity index (χ1) is 12.5. The van der Waals surface area contributed by atoms with E-state index in [-0.39, 0.29) is 11.7 Å². The molecular weight excluding hydrogens is 332 g/mol. The molecule has 4 amide bonds. The molecule has 0 spiro atoms. The summed E-state index contributed by atoms with van der Waals surface area (Å²) in [7, 11) is 0. The number of carbonyl (C=O) groups is 3. The van der Waals surface area contributed by atoms with Crippen LogP contribution in [-0.2, 0) is 16.0 Å². The topological polar surface area (TPSA) is 75.7 Å². The maximum atomic E-state index is 12.8. The number of nitrogens with zero attached hydrogens (tertiary/aromatic N) is 1.